The fraction of sp³-hybridized carbons (Fsp3) is 0.818. The summed E-state index contributed by atoms with van der Waals surface area (Å²) in [6, 6.07) is 0.0589. The average Bonchev–Trinajstić information content (AvgIpc) is 2.17. The minimum absolute atomic E-state index is 0.0589. The molecule has 0 spiro atoms. The zero-order valence-electron chi connectivity index (χ0n) is 10.2. The highest BCUT2D eigenvalue weighted by Gasteiger charge is 2.12. The molecule has 2 N–H and O–H groups in total. The largest absolute Gasteiger partial charge is 0.481 e. The first-order valence-electron chi connectivity index (χ1n) is 5.48. The molecular formula is C11H21NO4. The molecule has 1 amide bonds. The SMILES string of the molecule is COCC(=O)NC(C)CCCC(C)C(=O)O. The summed E-state index contributed by atoms with van der Waals surface area (Å²) in [6.07, 6.45) is 2.22. The van der Waals surface area contributed by atoms with Gasteiger partial charge in [0.15, 0.2) is 0 Å². The summed E-state index contributed by atoms with van der Waals surface area (Å²) in [5.41, 5.74) is 0. The normalized spacial score (nSPS) is 14.2. The van der Waals surface area contributed by atoms with Gasteiger partial charge < -0.3 is 15.2 Å². The summed E-state index contributed by atoms with van der Waals surface area (Å²) < 4.78 is 4.69. The molecule has 5 nitrogen and oxygen atoms in total. The van der Waals surface area contributed by atoms with Crippen LogP contribution in [0.15, 0.2) is 0 Å². The Labute approximate surface area is 96.2 Å². The topological polar surface area (TPSA) is 75.6 Å². The highest BCUT2D eigenvalue weighted by atomic mass is 16.5. The number of hydrogen-bond acceptors (Lipinski definition) is 3. The lowest BCUT2D eigenvalue weighted by molar-refractivity contribution is -0.141. The first-order valence-corrected chi connectivity index (χ1v) is 5.48. The molecule has 94 valence electrons. The van der Waals surface area contributed by atoms with Gasteiger partial charge in [-0.15, -0.1) is 0 Å². The number of hydrogen-bond donors (Lipinski definition) is 2. The molecule has 0 bridgehead atoms. The zero-order chi connectivity index (χ0) is 12.6. The molecule has 0 heterocycles. The monoisotopic (exact) mass is 231 g/mol. The third-order valence-corrected chi connectivity index (χ3v) is 2.38. The predicted molar refractivity (Wildman–Crippen MR) is 60.1 cm³/mol. The Morgan fingerprint density at radius 3 is 2.44 bits per heavy atom. The van der Waals surface area contributed by atoms with E-state index in [4.69, 9.17) is 5.11 Å². The van der Waals surface area contributed by atoms with E-state index in [9.17, 15) is 9.59 Å². The van der Waals surface area contributed by atoms with Gasteiger partial charge in [-0.2, -0.15) is 0 Å². The van der Waals surface area contributed by atoms with Crippen molar-refractivity contribution in [1.82, 2.24) is 5.32 Å². The summed E-state index contributed by atoms with van der Waals surface area (Å²) in [6.45, 7) is 3.66. The van der Waals surface area contributed by atoms with Gasteiger partial charge in [-0.1, -0.05) is 13.3 Å². The van der Waals surface area contributed by atoms with E-state index in [2.05, 4.69) is 10.1 Å². The van der Waals surface area contributed by atoms with E-state index in [-0.39, 0.29) is 24.5 Å². The average molecular weight is 231 g/mol. The molecule has 0 saturated heterocycles. The fourth-order valence-corrected chi connectivity index (χ4v) is 1.37. The minimum atomic E-state index is -0.768. The fourth-order valence-electron chi connectivity index (χ4n) is 1.37. The van der Waals surface area contributed by atoms with Gasteiger partial charge in [-0.3, -0.25) is 9.59 Å². The Balaban J connectivity index is 3.61. The van der Waals surface area contributed by atoms with Crippen molar-refractivity contribution in [3.05, 3.63) is 0 Å². The van der Waals surface area contributed by atoms with Crippen LogP contribution in [0.3, 0.4) is 0 Å². The van der Waals surface area contributed by atoms with Crippen LogP contribution in [-0.4, -0.2) is 36.7 Å². The molecule has 0 rings (SSSR count). The quantitative estimate of drug-likeness (QED) is 0.654. The second-order valence-electron chi connectivity index (χ2n) is 4.07. The Hall–Kier alpha value is -1.10. The van der Waals surface area contributed by atoms with Gasteiger partial charge in [0.05, 0.1) is 5.92 Å². The molecule has 0 aromatic rings. The molecule has 16 heavy (non-hydrogen) atoms. The summed E-state index contributed by atoms with van der Waals surface area (Å²) in [4.78, 5) is 21.7. The highest BCUT2D eigenvalue weighted by molar-refractivity contribution is 5.77. The molecule has 0 radical (unpaired) electrons. The van der Waals surface area contributed by atoms with Crippen molar-refractivity contribution in [2.24, 2.45) is 5.92 Å². The van der Waals surface area contributed by atoms with Crippen LogP contribution in [0.4, 0.5) is 0 Å². The lowest BCUT2D eigenvalue weighted by atomic mass is 10.0. The zero-order valence-corrected chi connectivity index (χ0v) is 10.2. The van der Waals surface area contributed by atoms with Gasteiger partial charge in [0.2, 0.25) is 5.91 Å². The van der Waals surface area contributed by atoms with Crippen LogP contribution < -0.4 is 5.32 Å². The van der Waals surface area contributed by atoms with Gasteiger partial charge in [-0.25, -0.2) is 0 Å². The van der Waals surface area contributed by atoms with E-state index in [0.29, 0.717) is 6.42 Å². The van der Waals surface area contributed by atoms with E-state index in [1.54, 1.807) is 6.92 Å². The first-order chi connectivity index (χ1) is 7.47. The van der Waals surface area contributed by atoms with Crippen LogP contribution in [0.2, 0.25) is 0 Å². The number of carboxylic acids is 1. The molecule has 2 unspecified atom stereocenters. The second kappa shape index (κ2) is 8.10. The predicted octanol–water partition coefficient (Wildman–Crippen LogP) is 1.03. The van der Waals surface area contributed by atoms with Gasteiger partial charge in [0, 0.05) is 13.2 Å². The first kappa shape index (κ1) is 14.9. The van der Waals surface area contributed by atoms with Crippen LogP contribution in [0, 0.1) is 5.92 Å². The van der Waals surface area contributed by atoms with Crippen LogP contribution >= 0.6 is 0 Å². The summed E-state index contributed by atoms with van der Waals surface area (Å²) in [7, 11) is 1.47. The molecule has 0 aliphatic heterocycles. The van der Waals surface area contributed by atoms with Crippen LogP contribution in [0.1, 0.15) is 33.1 Å². The van der Waals surface area contributed by atoms with Crippen molar-refractivity contribution < 1.29 is 19.4 Å². The number of carbonyl (C=O) groups is 2. The molecule has 0 aliphatic carbocycles. The maximum absolute atomic E-state index is 11.1. The highest BCUT2D eigenvalue weighted by Crippen LogP contribution is 2.09. The van der Waals surface area contributed by atoms with E-state index in [1.807, 2.05) is 6.92 Å². The number of rotatable bonds is 8. The molecular weight excluding hydrogens is 210 g/mol. The number of aliphatic carboxylic acids is 1. The van der Waals surface area contributed by atoms with Crippen LogP contribution in [-0.2, 0) is 14.3 Å². The number of ether oxygens (including phenoxy) is 1. The maximum Gasteiger partial charge on any atom is 0.306 e. The number of nitrogens with one attached hydrogen (secondary N) is 1. The van der Waals surface area contributed by atoms with E-state index < -0.39 is 5.97 Å². The minimum Gasteiger partial charge on any atom is -0.481 e. The molecule has 5 heteroatoms. The van der Waals surface area contributed by atoms with Gasteiger partial charge >= 0.3 is 5.97 Å². The van der Waals surface area contributed by atoms with Crippen molar-refractivity contribution in [3.8, 4) is 0 Å². The van der Waals surface area contributed by atoms with E-state index in [1.165, 1.54) is 7.11 Å². The number of carbonyl (C=O) groups excluding carboxylic acids is 1. The van der Waals surface area contributed by atoms with Crippen molar-refractivity contribution in [3.63, 3.8) is 0 Å². The van der Waals surface area contributed by atoms with Gasteiger partial charge in [0.1, 0.15) is 6.61 Å². The van der Waals surface area contributed by atoms with Gasteiger partial charge in [-0.05, 0) is 19.8 Å². The second-order valence-corrected chi connectivity index (χ2v) is 4.07. The smallest absolute Gasteiger partial charge is 0.306 e. The molecule has 0 aromatic carbocycles. The lowest BCUT2D eigenvalue weighted by Gasteiger charge is -2.14. The molecule has 0 saturated carbocycles. The molecule has 0 aromatic heterocycles. The Morgan fingerprint density at radius 2 is 1.94 bits per heavy atom. The molecule has 0 aliphatic rings. The Bertz CT molecular complexity index is 230. The lowest BCUT2D eigenvalue weighted by Crippen LogP contribution is -2.35. The number of methoxy groups -OCH3 is 1. The summed E-state index contributed by atoms with van der Waals surface area (Å²) >= 11 is 0. The number of amides is 1. The van der Waals surface area contributed by atoms with Crippen molar-refractivity contribution in [2.45, 2.75) is 39.2 Å². The summed E-state index contributed by atoms with van der Waals surface area (Å²) in [5, 5.41) is 11.4. The molecule has 2 atom stereocenters. The third-order valence-electron chi connectivity index (χ3n) is 2.38. The van der Waals surface area contributed by atoms with Gasteiger partial charge in [0.25, 0.3) is 0 Å². The summed E-state index contributed by atoms with van der Waals surface area (Å²) in [5.74, 6) is -1.22. The standard InChI is InChI=1S/C11H21NO4/c1-8(11(14)15)5-4-6-9(2)12-10(13)7-16-3/h8-9H,4-7H2,1-3H3,(H,12,13)(H,14,15). The van der Waals surface area contributed by atoms with Crippen molar-refractivity contribution in [1.29, 1.82) is 0 Å². The molecule has 0 fully saturated rings. The van der Waals surface area contributed by atoms with Crippen LogP contribution in [0.25, 0.3) is 0 Å². The number of carboxylic acid groups (broad SMARTS) is 1. The third kappa shape index (κ3) is 7.23. The van der Waals surface area contributed by atoms with E-state index in [0.717, 1.165) is 12.8 Å². The van der Waals surface area contributed by atoms with Crippen molar-refractivity contribution >= 4 is 11.9 Å². The van der Waals surface area contributed by atoms with Crippen LogP contribution in [0.5, 0.6) is 0 Å². The Morgan fingerprint density at radius 1 is 1.31 bits per heavy atom. The van der Waals surface area contributed by atoms with Crippen molar-refractivity contribution in [2.75, 3.05) is 13.7 Å². The Kier molecular flexibility index (Phi) is 7.54. The maximum atomic E-state index is 11.1. The van der Waals surface area contributed by atoms with E-state index >= 15 is 0 Å².